The summed E-state index contributed by atoms with van der Waals surface area (Å²) < 4.78 is 11.6. The van der Waals surface area contributed by atoms with Gasteiger partial charge in [0.1, 0.15) is 5.75 Å². The van der Waals surface area contributed by atoms with Crippen molar-refractivity contribution < 1.29 is 14.4 Å². The van der Waals surface area contributed by atoms with Crippen molar-refractivity contribution in [2.45, 2.75) is 44.4 Å². The van der Waals surface area contributed by atoms with Gasteiger partial charge >= 0.3 is 0 Å². The summed E-state index contributed by atoms with van der Waals surface area (Å²) in [5.74, 6) is 1.60. The van der Waals surface area contributed by atoms with E-state index in [0.717, 1.165) is 42.7 Å². The van der Waals surface area contributed by atoms with Crippen LogP contribution in [0.15, 0.2) is 53.5 Å². The molecule has 4 rings (SSSR count). The molecule has 8 nitrogen and oxygen atoms in total. The van der Waals surface area contributed by atoms with E-state index in [-0.39, 0.29) is 41.8 Å². The Kier molecular flexibility index (Phi) is 9.10. The van der Waals surface area contributed by atoms with Crippen LogP contribution in [0.1, 0.15) is 42.9 Å². The van der Waals surface area contributed by atoms with Crippen LogP contribution in [0.4, 0.5) is 5.69 Å². The molecular formula is C23H29IN4O4. The molecule has 0 radical (unpaired) electrons. The molecule has 2 aliphatic rings. The molecule has 1 fully saturated rings. The molecule has 2 aliphatic heterocycles. The number of benzene rings is 2. The maximum atomic E-state index is 10.9. The Morgan fingerprint density at radius 1 is 1.09 bits per heavy atom. The molecule has 0 aliphatic carbocycles. The van der Waals surface area contributed by atoms with E-state index in [0.29, 0.717) is 25.7 Å². The fourth-order valence-corrected chi connectivity index (χ4v) is 3.88. The highest BCUT2D eigenvalue weighted by Gasteiger charge is 2.22. The zero-order valence-electron chi connectivity index (χ0n) is 17.9. The first-order valence-electron chi connectivity index (χ1n) is 10.8. The van der Waals surface area contributed by atoms with Gasteiger partial charge in [0.2, 0.25) is 0 Å². The van der Waals surface area contributed by atoms with E-state index >= 15 is 0 Å². The minimum absolute atomic E-state index is 0. The van der Waals surface area contributed by atoms with Gasteiger partial charge in [-0.3, -0.25) is 10.1 Å². The smallest absolute Gasteiger partial charge is 0.269 e. The SMILES string of the molecule is I.O=[N+]([O-])c1ccc(CN=C(NCC2CCCCO2)NC2CCOc3ccccc32)cc1. The number of nitro groups is 1. The second-order valence-corrected chi connectivity index (χ2v) is 7.83. The lowest BCUT2D eigenvalue weighted by Gasteiger charge is -2.29. The largest absolute Gasteiger partial charge is 0.493 e. The standard InChI is InChI=1S/C23H28N4O4.HI/c28-27(29)18-10-8-17(9-11-18)15-24-23(25-16-19-5-3-4-13-30-19)26-21-12-14-31-22-7-2-1-6-20(21)22;/h1-2,6-11,19,21H,3-5,12-16H2,(H2,24,25,26);1H. The lowest BCUT2D eigenvalue weighted by molar-refractivity contribution is -0.384. The Balaban J connectivity index is 0.00000289. The first-order chi connectivity index (χ1) is 15.2. The Morgan fingerprint density at radius 2 is 1.91 bits per heavy atom. The van der Waals surface area contributed by atoms with Crippen molar-refractivity contribution >= 4 is 35.6 Å². The molecule has 0 spiro atoms. The molecule has 2 aromatic carbocycles. The van der Waals surface area contributed by atoms with Gasteiger partial charge in [0.05, 0.1) is 30.2 Å². The molecule has 2 heterocycles. The number of nitrogens with zero attached hydrogens (tertiary/aromatic N) is 2. The van der Waals surface area contributed by atoms with Gasteiger partial charge in [0, 0.05) is 37.3 Å². The number of ether oxygens (including phenoxy) is 2. The Morgan fingerprint density at radius 3 is 2.66 bits per heavy atom. The van der Waals surface area contributed by atoms with Crippen molar-refractivity contribution in [1.29, 1.82) is 0 Å². The molecule has 2 N–H and O–H groups in total. The number of nitrogens with one attached hydrogen (secondary N) is 2. The summed E-state index contributed by atoms with van der Waals surface area (Å²) >= 11 is 0. The molecule has 2 aromatic rings. The molecule has 172 valence electrons. The number of hydrogen-bond donors (Lipinski definition) is 2. The monoisotopic (exact) mass is 552 g/mol. The van der Waals surface area contributed by atoms with Crippen LogP contribution < -0.4 is 15.4 Å². The summed E-state index contributed by atoms with van der Waals surface area (Å²) in [6, 6.07) is 14.7. The van der Waals surface area contributed by atoms with Crippen molar-refractivity contribution in [3.05, 3.63) is 69.8 Å². The maximum absolute atomic E-state index is 10.9. The molecule has 0 bridgehead atoms. The van der Waals surface area contributed by atoms with Gasteiger partial charge in [-0.05, 0) is 30.9 Å². The van der Waals surface area contributed by atoms with Crippen LogP contribution in [0.5, 0.6) is 5.75 Å². The lowest BCUT2D eigenvalue weighted by Crippen LogP contribution is -2.44. The van der Waals surface area contributed by atoms with Crippen molar-refractivity contribution in [2.24, 2.45) is 4.99 Å². The van der Waals surface area contributed by atoms with E-state index in [1.54, 1.807) is 12.1 Å². The second kappa shape index (κ2) is 12.0. The summed E-state index contributed by atoms with van der Waals surface area (Å²) in [6.07, 6.45) is 4.37. The predicted molar refractivity (Wildman–Crippen MR) is 134 cm³/mol. The summed E-state index contributed by atoms with van der Waals surface area (Å²) in [6.45, 7) is 2.57. The topological polar surface area (TPSA) is 98.0 Å². The highest BCUT2D eigenvalue weighted by molar-refractivity contribution is 14.0. The van der Waals surface area contributed by atoms with E-state index in [4.69, 9.17) is 14.5 Å². The van der Waals surface area contributed by atoms with Crippen LogP contribution in [-0.2, 0) is 11.3 Å². The number of hydrogen-bond acceptors (Lipinski definition) is 5. The number of halogens is 1. The van der Waals surface area contributed by atoms with E-state index in [9.17, 15) is 10.1 Å². The van der Waals surface area contributed by atoms with Gasteiger partial charge in [0.15, 0.2) is 5.96 Å². The number of fused-ring (bicyclic) bond motifs is 1. The Bertz CT molecular complexity index is 916. The first kappa shape index (κ1) is 24.2. The van der Waals surface area contributed by atoms with Gasteiger partial charge in [-0.2, -0.15) is 0 Å². The van der Waals surface area contributed by atoms with Gasteiger partial charge in [-0.15, -0.1) is 24.0 Å². The first-order valence-corrected chi connectivity index (χ1v) is 10.8. The Labute approximate surface area is 205 Å². The molecule has 2 atom stereocenters. The summed E-state index contributed by atoms with van der Waals surface area (Å²) in [5.41, 5.74) is 2.11. The number of nitro benzene ring substituents is 1. The third-order valence-corrected chi connectivity index (χ3v) is 5.61. The fraction of sp³-hybridized carbons (Fsp3) is 0.435. The fourth-order valence-electron chi connectivity index (χ4n) is 3.88. The van der Waals surface area contributed by atoms with Crippen LogP contribution in [0, 0.1) is 10.1 Å². The zero-order chi connectivity index (χ0) is 21.5. The third-order valence-electron chi connectivity index (χ3n) is 5.61. The number of rotatable bonds is 6. The number of non-ortho nitro benzene ring substituents is 1. The van der Waals surface area contributed by atoms with Crippen molar-refractivity contribution in [1.82, 2.24) is 10.6 Å². The van der Waals surface area contributed by atoms with Gasteiger partial charge in [-0.25, -0.2) is 4.99 Å². The molecule has 0 saturated carbocycles. The van der Waals surface area contributed by atoms with Crippen LogP contribution in [0.3, 0.4) is 0 Å². The molecule has 2 unspecified atom stereocenters. The number of aliphatic imine (C=N–C) groups is 1. The van der Waals surface area contributed by atoms with Gasteiger partial charge in [0.25, 0.3) is 5.69 Å². The second-order valence-electron chi connectivity index (χ2n) is 7.83. The van der Waals surface area contributed by atoms with E-state index in [1.165, 1.54) is 18.6 Å². The average molecular weight is 552 g/mol. The lowest BCUT2D eigenvalue weighted by atomic mass is 10.0. The highest BCUT2D eigenvalue weighted by atomic mass is 127. The molecule has 9 heteroatoms. The Hall–Kier alpha value is -2.40. The highest BCUT2D eigenvalue weighted by Crippen LogP contribution is 2.31. The zero-order valence-corrected chi connectivity index (χ0v) is 20.2. The number of guanidine groups is 1. The van der Waals surface area contributed by atoms with E-state index in [2.05, 4.69) is 16.7 Å². The van der Waals surface area contributed by atoms with Crippen molar-refractivity contribution in [3.8, 4) is 5.75 Å². The quantitative estimate of drug-likeness (QED) is 0.182. The van der Waals surface area contributed by atoms with E-state index in [1.807, 2.05) is 18.2 Å². The maximum Gasteiger partial charge on any atom is 0.269 e. The summed E-state index contributed by atoms with van der Waals surface area (Å²) in [7, 11) is 0. The molecule has 0 aromatic heterocycles. The summed E-state index contributed by atoms with van der Waals surface area (Å²) in [5, 5.41) is 17.9. The minimum Gasteiger partial charge on any atom is -0.493 e. The van der Waals surface area contributed by atoms with Crippen LogP contribution in [0.2, 0.25) is 0 Å². The molecule has 0 amide bonds. The third kappa shape index (κ3) is 6.55. The molecule has 32 heavy (non-hydrogen) atoms. The van der Waals surface area contributed by atoms with Crippen LogP contribution in [-0.4, -0.2) is 36.7 Å². The van der Waals surface area contributed by atoms with Gasteiger partial charge in [-0.1, -0.05) is 30.3 Å². The van der Waals surface area contributed by atoms with E-state index < -0.39 is 4.92 Å². The van der Waals surface area contributed by atoms with Crippen molar-refractivity contribution in [2.75, 3.05) is 19.8 Å². The minimum atomic E-state index is -0.394. The predicted octanol–water partition coefficient (Wildman–Crippen LogP) is 4.34. The van der Waals surface area contributed by atoms with Gasteiger partial charge < -0.3 is 20.1 Å². The van der Waals surface area contributed by atoms with Crippen LogP contribution in [0.25, 0.3) is 0 Å². The molecule has 1 saturated heterocycles. The normalized spacial score (nSPS) is 20.3. The number of para-hydroxylation sites is 1. The van der Waals surface area contributed by atoms with Crippen LogP contribution >= 0.6 is 24.0 Å². The summed E-state index contributed by atoms with van der Waals surface area (Å²) in [4.78, 5) is 15.2. The molecular weight excluding hydrogens is 523 g/mol. The van der Waals surface area contributed by atoms with Crippen molar-refractivity contribution in [3.63, 3.8) is 0 Å². The average Bonchev–Trinajstić information content (AvgIpc) is 2.82.